The summed E-state index contributed by atoms with van der Waals surface area (Å²) in [5.74, 6) is 0.761. The zero-order chi connectivity index (χ0) is 45.3. The summed E-state index contributed by atoms with van der Waals surface area (Å²) >= 11 is 0. The molecule has 1 atom stereocenters. The molecule has 2 aliphatic heterocycles. The molecule has 65 heavy (non-hydrogen) atoms. The summed E-state index contributed by atoms with van der Waals surface area (Å²) in [5.41, 5.74) is 8.92. The van der Waals surface area contributed by atoms with Gasteiger partial charge >= 0.3 is 0 Å². The Morgan fingerprint density at radius 2 is 1.58 bits per heavy atom. The van der Waals surface area contributed by atoms with Crippen molar-refractivity contribution in [2.24, 2.45) is 0 Å². The SMILES string of the molecule is C=C1CCC(N2C(=O)c3cccc(NCCCCCCCCCCCC(=O)Nc4ccc(CCc5nc6cc(-c7c(C)noc7C)ccn6c5NC5CCCCC5)cc4)c3C2=O)C(=O)N1. The Balaban J connectivity index is 0.705. The number of carbonyl (C=O) groups excluding carboxylic acids is 4. The first kappa shape index (κ1) is 45.3. The van der Waals surface area contributed by atoms with E-state index in [1.807, 2.05) is 32.0 Å². The molecule has 5 heterocycles. The molecule has 3 aromatic heterocycles. The van der Waals surface area contributed by atoms with Crippen molar-refractivity contribution in [2.45, 2.75) is 148 Å². The molecule has 1 unspecified atom stereocenters. The van der Waals surface area contributed by atoms with Crippen LogP contribution in [0, 0.1) is 13.8 Å². The van der Waals surface area contributed by atoms with E-state index in [2.05, 4.69) is 67.9 Å². The van der Waals surface area contributed by atoms with Gasteiger partial charge in [0.15, 0.2) is 0 Å². The van der Waals surface area contributed by atoms with Gasteiger partial charge in [0.05, 0.1) is 22.5 Å². The van der Waals surface area contributed by atoms with Crippen LogP contribution < -0.4 is 21.3 Å². The van der Waals surface area contributed by atoms with Gasteiger partial charge in [-0.15, -0.1) is 0 Å². The highest BCUT2D eigenvalue weighted by Crippen LogP contribution is 2.34. The number of pyridine rings is 1. The van der Waals surface area contributed by atoms with Crippen molar-refractivity contribution in [3.05, 3.63) is 107 Å². The van der Waals surface area contributed by atoms with E-state index in [9.17, 15) is 19.2 Å². The molecule has 2 fully saturated rings. The topological polar surface area (TPSA) is 163 Å². The van der Waals surface area contributed by atoms with Crippen LogP contribution in [0.5, 0.6) is 0 Å². The first-order valence-electron chi connectivity index (χ1n) is 24.0. The van der Waals surface area contributed by atoms with E-state index in [1.54, 1.807) is 12.1 Å². The van der Waals surface area contributed by atoms with Crippen LogP contribution in [0.1, 0.15) is 153 Å². The standard InChI is InChI=1S/C52H64N8O5/c1-34-22-29-44(50(62)54-34)60-51(63)41-19-16-20-42(48(41)52(60)64)53-31-15-10-8-6-4-5-7-9-14-21-46(61)55-40-26-23-37(24-27-40)25-28-43-49(56-39-17-12-11-13-18-39)59-32-30-38(33-45(59)57-43)47-35(2)58-65-36(47)3/h16,19-20,23-24,26-27,30,32-33,39,44,53,56H,1,4-15,17-18,21-22,25,28-29,31H2,2-3H3,(H,54,62)(H,55,61). The summed E-state index contributed by atoms with van der Waals surface area (Å²) in [6.45, 7) is 8.42. The molecule has 3 aliphatic rings. The summed E-state index contributed by atoms with van der Waals surface area (Å²) in [7, 11) is 0. The fourth-order valence-corrected chi connectivity index (χ4v) is 9.77. The normalized spacial score (nSPS) is 16.6. The Labute approximate surface area is 382 Å². The average Bonchev–Trinajstić information content (AvgIpc) is 3.92. The van der Waals surface area contributed by atoms with Crippen LogP contribution in [0.2, 0.25) is 0 Å². The Morgan fingerprint density at radius 3 is 2.31 bits per heavy atom. The lowest BCUT2D eigenvalue weighted by atomic mass is 9.95. The number of hydrogen-bond acceptors (Lipinski definition) is 9. The number of imidazole rings is 1. The molecule has 1 saturated heterocycles. The van der Waals surface area contributed by atoms with Crippen LogP contribution in [-0.2, 0) is 22.4 Å². The minimum atomic E-state index is -0.816. The van der Waals surface area contributed by atoms with Crippen molar-refractivity contribution in [1.29, 1.82) is 0 Å². The van der Waals surface area contributed by atoms with E-state index in [-0.39, 0.29) is 11.8 Å². The Bertz CT molecular complexity index is 2500. The Morgan fingerprint density at radius 1 is 0.846 bits per heavy atom. The quantitative estimate of drug-likeness (QED) is 0.0415. The summed E-state index contributed by atoms with van der Waals surface area (Å²) in [6, 6.07) is 17.4. The number of fused-ring (bicyclic) bond motifs is 2. The second-order valence-electron chi connectivity index (χ2n) is 18.2. The number of anilines is 3. The molecule has 1 aliphatic carbocycles. The Kier molecular flexibility index (Phi) is 14.8. The summed E-state index contributed by atoms with van der Waals surface area (Å²) in [5, 5.41) is 17.2. The van der Waals surface area contributed by atoms with Gasteiger partial charge in [-0.1, -0.05) is 94.1 Å². The highest BCUT2D eigenvalue weighted by Gasteiger charge is 2.45. The molecule has 0 spiro atoms. The molecule has 13 nitrogen and oxygen atoms in total. The van der Waals surface area contributed by atoms with Crippen molar-refractivity contribution < 1.29 is 23.7 Å². The third kappa shape index (κ3) is 10.8. The van der Waals surface area contributed by atoms with Crippen LogP contribution in [-0.4, -0.2) is 61.7 Å². The third-order valence-electron chi connectivity index (χ3n) is 13.3. The summed E-state index contributed by atoms with van der Waals surface area (Å²) in [6.07, 6.45) is 21.1. The van der Waals surface area contributed by atoms with Crippen molar-refractivity contribution in [2.75, 3.05) is 22.5 Å². The molecule has 2 aromatic carbocycles. The van der Waals surface area contributed by atoms with Gasteiger partial charge in [0, 0.05) is 47.8 Å². The van der Waals surface area contributed by atoms with Crippen LogP contribution >= 0.6 is 0 Å². The zero-order valence-electron chi connectivity index (χ0n) is 38.1. The van der Waals surface area contributed by atoms with Crippen LogP contribution in [0.25, 0.3) is 16.8 Å². The maximum absolute atomic E-state index is 13.4. The fourth-order valence-electron chi connectivity index (χ4n) is 9.77. The predicted molar refractivity (Wildman–Crippen MR) is 255 cm³/mol. The number of nitrogens with zero attached hydrogens (tertiary/aromatic N) is 4. The number of amides is 4. The first-order valence-corrected chi connectivity index (χ1v) is 24.0. The molecule has 4 N–H and O–H groups in total. The van der Waals surface area contributed by atoms with E-state index in [0.717, 1.165) is 115 Å². The van der Waals surface area contributed by atoms with Crippen molar-refractivity contribution in [3.8, 4) is 11.1 Å². The van der Waals surface area contributed by atoms with Gasteiger partial charge in [0.2, 0.25) is 11.8 Å². The van der Waals surface area contributed by atoms with Crippen LogP contribution in [0.3, 0.4) is 0 Å². The lowest BCUT2D eigenvalue weighted by Crippen LogP contribution is -2.51. The Hall–Kier alpha value is -6.24. The lowest BCUT2D eigenvalue weighted by Gasteiger charge is -2.29. The number of allylic oxidation sites excluding steroid dienone is 1. The lowest BCUT2D eigenvalue weighted by molar-refractivity contribution is -0.125. The van der Waals surface area contributed by atoms with Crippen molar-refractivity contribution in [1.82, 2.24) is 24.8 Å². The minimum absolute atomic E-state index is 0.0578. The van der Waals surface area contributed by atoms with Gasteiger partial charge in [0.25, 0.3) is 11.8 Å². The van der Waals surface area contributed by atoms with Crippen molar-refractivity contribution >= 4 is 46.5 Å². The minimum Gasteiger partial charge on any atom is -0.384 e. The fraction of sp³-hybridized carbons (Fsp3) is 0.462. The van der Waals surface area contributed by atoms with Gasteiger partial charge in [-0.3, -0.25) is 28.5 Å². The van der Waals surface area contributed by atoms with E-state index in [1.165, 1.54) is 44.1 Å². The number of carbonyl (C=O) groups is 4. The molecular formula is C52H64N8O5. The molecular weight excluding hydrogens is 817 g/mol. The van der Waals surface area contributed by atoms with Crippen LogP contribution in [0.4, 0.5) is 17.2 Å². The molecule has 13 heteroatoms. The van der Waals surface area contributed by atoms with Gasteiger partial charge < -0.3 is 25.8 Å². The van der Waals surface area contributed by atoms with Gasteiger partial charge in [0.1, 0.15) is 23.3 Å². The molecule has 342 valence electrons. The number of hydrogen-bond donors (Lipinski definition) is 4. The molecule has 4 amide bonds. The highest BCUT2D eigenvalue weighted by atomic mass is 16.5. The largest absolute Gasteiger partial charge is 0.384 e. The number of rotatable bonds is 21. The third-order valence-corrected chi connectivity index (χ3v) is 13.3. The van der Waals surface area contributed by atoms with E-state index in [4.69, 9.17) is 9.51 Å². The monoisotopic (exact) mass is 880 g/mol. The number of unbranched alkanes of at least 4 members (excludes halogenated alkanes) is 8. The zero-order valence-corrected chi connectivity index (χ0v) is 38.1. The summed E-state index contributed by atoms with van der Waals surface area (Å²) in [4.78, 5) is 58.1. The predicted octanol–water partition coefficient (Wildman–Crippen LogP) is 10.5. The second-order valence-corrected chi connectivity index (χ2v) is 18.2. The number of piperidine rings is 1. The average molecular weight is 881 g/mol. The van der Waals surface area contributed by atoms with E-state index in [0.29, 0.717) is 54.4 Å². The molecule has 1 saturated carbocycles. The van der Waals surface area contributed by atoms with E-state index >= 15 is 0 Å². The number of imide groups is 1. The molecule has 0 radical (unpaired) electrons. The van der Waals surface area contributed by atoms with Crippen LogP contribution in [0.15, 0.2) is 77.6 Å². The molecule has 5 aromatic rings. The summed E-state index contributed by atoms with van der Waals surface area (Å²) < 4.78 is 7.65. The highest BCUT2D eigenvalue weighted by molar-refractivity contribution is 6.25. The molecule has 0 bridgehead atoms. The maximum Gasteiger partial charge on any atom is 0.264 e. The number of nitrogens with one attached hydrogen (secondary N) is 4. The van der Waals surface area contributed by atoms with Crippen molar-refractivity contribution in [3.63, 3.8) is 0 Å². The number of benzene rings is 2. The molecule has 8 rings (SSSR count). The van der Waals surface area contributed by atoms with Gasteiger partial charge in [-0.25, -0.2) is 4.98 Å². The number of aryl methyl sites for hydroxylation is 4. The van der Waals surface area contributed by atoms with Gasteiger partial charge in [-0.2, -0.15) is 0 Å². The smallest absolute Gasteiger partial charge is 0.264 e. The first-order chi connectivity index (χ1) is 31.6. The van der Waals surface area contributed by atoms with Gasteiger partial charge in [-0.05, 0) is 113 Å². The maximum atomic E-state index is 13.4. The van der Waals surface area contributed by atoms with E-state index < -0.39 is 17.9 Å². The second kappa shape index (κ2) is 21.2. The number of aromatic nitrogens is 3.